The fourth-order valence-electron chi connectivity index (χ4n) is 3.76. The number of nitrogens with one attached hydrogen (secondary N) is 1. The number of benzene rings is 3. The number of aromatic nitrogens is 4. The number of nitrogens with zero attached hydrogens (tertiary/aromatic N) is 4. The molecule has 0 saturated heterocycles. The summed E-state index contributed by atoms with van der Waals surface area (Å²) >= 11 is 15.1. The summed E-state index contributed by atoms with van der Waals surface area (Å²) in [6.07, 6.45) is 0. The molecule has 1 N–H and O–H groups in total. The molecular formula is C27H23Cl2N5O2S2. The van der Waals surface area contributed by atoms with Gasteiger partial charge in [0.25, 0.3) is 0 Å². The van der Waals surface area contributed by atoms with Crippen LogP contribution in [0.3, 0.4) is 0 Å². The van der Waals surface area contributed by atoms with E-state index in [1.807, 2.05) is 41.8 Å². The van der Waals surface area contributed by atoms with Crippen LogP contribution in [0.5, 0.6) is 5.75 Å². The van der Waals surface area contributed by atoms with E-state index in [0.29, 0.717) is 33.3 Å². The first-order chi connectivity index (χ1) is 18.4. The molecule has 0 fully saturated rings. The third-order valence-electron chi connectivity index (χ3n) is 5.65. The largest absolute Gasteiger partial charge is 0.484 e. The highest BCUT2D eigenvalue weighted by Gasteiger charge is 2.15. The number of hydrogen-bond acceptors (Lipinski definition) is 7. The predicted octanol–water partition coefficient (Wildman–Crippen LogP) is 7.50. The van der Waals surface area contributed by atoms with Crippen molar-refractivity contribution in [2.45, 2.75) is 32.2 Å². The van der Waals surface area contributed by atoms with Gasteiger partial charge in [-0.05, 0) is 74.0 Å². The van der Waals surface area contributed by atoms with Gasteiger partial charge in [0, 0.05) is 22.8 Å². The third kappa shape index (κ3) is 6.13. The Morgan fingerprint density at radius 2 is 1.89 bits per heavy atom. The molecule has 38 heavy (non-hydrogen) atoms. The zero-order valence-electron chi connectivity index (χ0n) is 20.6. The Labute approximate surface area is 238 Å². The van der Waals surface area contributed by atoms with Crippen molar-refractivity contribution in [3.8, 4) is 16.3 Å². The zero-order valence-corrected chi connectivity index (χ0v) is 23.7. The highest BCUT2D eigenvalue weighted by molar-refractivity contribution is 7.99. The molecule has 5 rings (SSSR count). The van der Waals surface area contributed by atoms with E-state index in [-0.39, 0.29) is 18.3 Å². The molecule has 0 spiro atoms. The number of fused-ring (bicyclic) bond motifs is 1. The van der Waals surface area contributed by atoms with Gasteiger partial charge in [-0.15, -0.1) is 21.5 Å². The molecule has 0 atom stereocenters. The van der Waals surface area contributed by atoms with Crippen LogP contribution in [0.1, 0.15) is 18.3 Å². The van der Waals surface area contributed by atoms with Crippen molar-refractivity contribution in [3.05, 3.63) is 82.1 Å². The Morgan fingerprint density at radius 1 is 1.08 bits per heavy atom. The number of anilines is 1. The second kappa shape index (κ2) is 11.7. The van der Waals surface area contributed by atoms with E-state index < -0.39 is 0 Å². The number of thioether (sulfide) groups is 1. The van der Waals surface area contributed by atoms with E-state index in [1.54, 1.807) is 29.5 Å². The lowest BCUT2D eigenvalue weighted by molar-refractivity contribution is -0.113. The molecule has 2 heterocycles. The highest BCUT2D eigenvalue weighted by atomic mass is 35.5. The molecular weight excluding hydrogens is 561 g/mol. The average molecular weight is 585 g/mol. The van der Waals surface area contributed by atoms with Gasteiger partial charge in [0.05, 0.1) is 21.0 Å². The van der Waals surface area contributed by atoms with E-state index >= 15 is 0 Å². The first-order valence-corrected chi connectivity index (χ1v) is 14.4. The third-order valence-corrected chi connectivity index (χ3v) is 8.22. The number of carbonyl (C=O) groups excluding carboxylic acids is 1. The standard InChI is InChI=1S/C27H23Cl2N5O2S2/c1-3-34-24(14-36-22-11-7-18(28)13-20(22)29)32-33-27(34)37-15-25(35)30-19-8-5-17(6-9-19)26-31-21-10-4-16(2)12-23(21)38-26/h4-13H,3,14-15H2,1-2H3,(H,30,35). The lowest BCUT2D eigenvalue weighted by Gasteiger charge is -2.10. The summed E-state index contributed by atoms with van der Waals surface area (Å²) in [5.74, 6) is 1.22. The van der Waals surface area contributed by atoms with Crippen molar-refractivity contribution in [3.63, 3.8) is 0 Å². The lowest BCUT2D eigenvalue weighted by Crippen LogP contribution is -2.15. The molecule has 5 aromatic rings. The fourth-order valence-corrected chi connectivity index (χ4v) is 6.12. The molecule has 0 radical (unpaired) electrons. The van der Waals surface area contributed by atoms with Crippen molar-refractivity contribution < 1.29 is 9.53 Å². The second-order valence-corrected chi connectivity index (χ2v) is 11.2. The van der Waals surface area contributed by atoms with Gasteiger partial charge in [-0.1, -0.05) is 41.0 Å². The molecule has 0 aliphatic heterocycles. The van der Waals surface area contributed by atoms with Gasteiger partial charge in [-0.3, -0.25) is 4.79 Å². The summed E-state index contributed by atoms with van der Waals surface area (Å²) in [4.78, 5) is 17.3. The number of thiazole rings is 1. The summed E-state index contributed by atoms with van der Waals surface area (Å²) in [5, 5.41) is 14.0. The van der Waals surface area contributed by atoms with Gasteiger partial charge in [0.2, 0.25) is 5.91 Å². The first kappa shape index (κ1) is 26.5. The Bertz CT molecular complexity index is 1600. The Morgan fingerprint density at radius 3 is 2.66 bits per heavy atom. The van der Waals surface area contributed by atoms with Crippen LogP contribution in [0.15, 0.2) is 65.8 Å². The number of amides is 1. The molecule has 1 amide bonds. The SMILES string of the molecule is CCn1c(COc2ccc(Cl)cc2Cl)nnc1SCC(=O)Nc1ccc(-c2nc3ccc(C)cc3s2)cc1. The summed E-state index contributed by atoms with van der Waals surface area (Å²) < 4.78 is 8.87. The van der Waals surface area contributed by atoms with Crippen LogP contribution >= 0.6 is 46.3 Å². The number of carbonyl (C=O) groups is 1. The number of hydrogen-bond donors (Lipinski definition) is 1. The Hall–Kier alpha value is -3.11. The van der Waals surface area contributed by atoms with E-state index in [0.717, 1.165) is 26.5 Å². The molecule has 0 saturated carbocycles. The van der Waals surface area contributed by atoms with Crippen molar-refractivity contribution in [2.75, 3.05) is 11.1 Å². The molecule has 11 heteroatoms. The molecule has 7 nitrogen and oxygen atoms in total. The minimum absolute atomic E-state index is 0.130. The van der Waals surface area contributed by atoms with Gasteiger partial charge in [-0.2, -0.15) is 0 Å². The van der Waals surface area contributed by atoms with E-state index in [2.05, 4.69) is 34.6 Å². The number of ether oxygens (including phenoxy) is 1. The molecule has 194 valence electrons. The van der Waals surface area contributed by atoms with Gasteiger partial charge in [-0.25, -0.2) is 4.98 Å². The van der Waals surface area contributed by atoms with Gasteiger partial charge in [0.15, 0.2) is 11.0 Å². The maximum absolute atomic E-state index is 12.6. The maximum Gasteiger partial charge on any atom is 0.234 e. The van der Waals surface area contributed by atoms with Crippen LogP contribution in [-0.2, 0) is 17.9 Å². The minimum Gasteiger partial charge on any atom is -0.484 e. The molecule has 0 aliphatic rings. The molecule has 0 aliphatic carbocycles. The van der Waals surface area contributed by atoms with Crippen LogP contribution in [-0.4, -0.2) is 31.4 Å². The minimum atomic E-state index is -0.130. The van der Waals surface area contributed by atoms with E-state index in [1.165, 1.54) is 17.3 Å². The monoisotopic (exact) mass is 583 g/mol. The lowest BCUT2D eigenvalue weighted by atomic mass is 10.2. The van der Waals surface area contributed by atoms with Gasteiger partial charge in [0.1, 0.15) is 17.4 Å². The first-order valence-electron chi connectivity index (χ1n) is 11.8. The molecule has 0 bridgehead atoms. The van der Waals surface area contributed by atoms with Gasteiger partial charge < -0.3 is 14.6 Å². The van der Waals surface area contributed by atoms with E-state index in [4.69, 9.17) is 32.9 Å². The summed E-state index contributed by atoms with van der Waals surface area (Å²) in [6, 6.07) is 19.0. The van der Waals surface area contributed by atoms with Crippen LogP contribution < -0.4 is 10.1 Å². The Balaban J connectivity index is 1.17. The fraction of sp³-hybridized carbons (Fsp3) is 0.185. The predicted molar refractivity (Wildman–Crippen MR) is 156 cm³/mol. The van der Waals surface area contributed by atoms with Crippen LogP contribution in [0, 0.1) is 6.92 Å². The van der Waals surface area contributed by atoms with Crippen LogP contribution in [0.2, 0.25) is 10.0 Å². The van der Waals surface area contributed by atoms with E-state index in [9.17, 15) is 4.79 Å². The molecule has 3 aromatic carbocycles. The highest BCUT2D eigenvalue weighted by Crippen LogP contribution is 2.32. The Kier molecular flexibility index (Phi) is 8.18. The number of halogens is 2. The number of rotatable bonds is 9. The zero-order chi connectivity index (χ0) is 26.6. The molecule has 0 unspecified atom stereocenters. The smallest absolute Gasteiger partial charge is 0.234 e. The summed E-state index contributed by atoms with van der Waals surface area (Å²) in [7, 11) is 0. The maximum atomic E-state index is 12.6. The molecule has 2 aromatic heterocycles. The van der Waals surface area contributed by atoms with Crippen molar-refractivity contribution in [2.24, 2.45) is 0 Å². The topological polar surface area (TPSA) is 81.9 Å². The number of aryl methyl sites for hydroxylation is 1. The average Bonchev–Trinajstić information content (AvgIpc) is 3.50. The summed E-state index contributed by atoms with van der Waals surface area (Å²) in [6.45, 7) is 4.89. The van der Waals surface area contributed by atoms with Crippen molar-refractivity contribution >= 4 is 68.1 Å². The quantitative estimate of drug-likeness (QED) is 0.181. The second-order valence-electron chi connectivity index (χ2n) is 8.41. The van der Waals surface area contributed by atoms with Gasteiger partial charge >= 0.3 is 0 Å². The van der Waals surface area contributed by atoms with Crippen molar-refractivity contribution in [1.29, 1.82) is 0 Å². The summed E-state index contributed by atoms with van der Waals surface area (Å²) in [5.41, 5.74) is 3.95. The van der Waals surface area contributed by atoms with Crippen LogP contribution in [0.25, 0.3) is 20.8 Å². The van der Waals surface area contributed by atoms with Crippen LogP contribution in [0.4, 0.5) is 5.69 Å². The normalized spacial score (nSPS) is 11.2. The van der Waals surface area contributed by atoms with Crippen molar-refractivity contribution in [1.82, 2.24) is 19.7 Å².